The van der Waals surface area contributed by atoms with E-state index in [2.05, 4.69) is 26.1 Å². The van der Waals surface area contributed by atoms with Crippen LogP contribution >= 0.6 is 15.9 Å². The summed E-state index contributed by atoms with van der Waals surface area (Å²) in [5.74, 6) is 0.667. The van der Waals surface area contributed by atoms with Crippen molar-refractivity contribution >= 4 is 21.7 Å². The molecule has 2 rings (SSSR count). The van der Waals surface area contributed by atoms with Crippen molar-refractivity contribution in [1.82, 2.24) is 10.1 Å². The molecule has 1 aromatic carbocycles. The summed E-state index contributed by atoms with van der Waals surface area (Å²) in [6, 6.07) is 7.92. The third-order valence-electron chi connectivity index (χ3n) is 2.74. The molecule has 0 aliphatic carbocycles. The van der Waals surface area contributed by atoms with Gasteiger partial charge in [-0.15, -0.1) is 0 Å². The highest BCUT2D eigenvalue weighted by Crippen LogP contribution is 2.16. The molecule has 0 radical (unpaired) electrons. The predicted octanol–water partition coefficient (Wildman–Crippen LogP) is 3.12. The van der Waals surface area contributed by atoms with E-state index in [1.165, 1.54) is 6.92 Å². The van der Waals surface area contributed by atoms with Crippen molar-refractivity contribution in [2.45, 2.75) is 26.2 Å². The van der Waals surface area contributed by atoms with Crippen molar-refractivity contribution in [3.05, 3.63) is 46.0 Å². The number of rotatable bonds is 4. The number of halogens is 1. The number of carbonyl (C=O) groups is 1. The summed E-state index contributed by atoms with van der Waals surface area (Å²) >= 11 is 3.38. The van der Waals surface area contributed by atoms with Gasteiger partial charge in [0.05, 0.1) is 5.92 Å². The molecule has 0 spiro atoms. The first kappa shape index (κ1) is 13.0. The zero-order valence-corrected chi connectivity index (χ0v) is 11.8. The first-order valence-electron chi connectivity index (χ1n) is 5.63. The van der Waals surface area contributed by atoms with Crippen LogP contribution in [0.1, 0.15) is 37.0 Å². The van der Waals surface area contributed by atoms with Crippen LogP contribution in [0.4, 0.5) is 0 Å². The van der Waals surface area contributed by atoms with Crippen LogP contribution in [-0.4, -0.2) is 15.9 Å². The van der Waals surface area contributed by atoms with Gasteiger partial charge in [0.1, 0.15) is 5.78 Å². The number of hydrogen-bond donors (Lipinski definition) is 0. The minimum absolute atomic E-state index is 0.0221. The minimum atomic E-state index is -0.337. The van der Waals surface area contributed by atoms with Crippen molar-refractivity contribution in [1.29, 1.82) is 0 Å². The van der Waals surface area contributed by atoms with Crippen molar-refractivity contribution in [2.75, 3.05) is 0 Å². The number of carbonyl (C=O) groups excluding carboxylic acids is 1. The normalized spacial score (nSPS) is 12.4. The van der Waals surface area contributed by atoms with Crippen LogP contribution in [0.5, 0.6) is 0 Å². The summed E-state index contributed by atoms with van der Waals surface area (Å²) in [7, 11) is 0. The Kier molecular flexibility index (Phi) is 3.91. The number of nitrogens with zero attached hydrogens (tertiary/aromatic N) is 2. The molecule has 1 unspecified atom stereocenters. The molecule has 18 heavy (non-hydrogen) atoms. The van der Waals surface area contributed by atoms with E-state index in [0.29, 0.717) is 18.1 Å². The van der Waals surface area contributed by atoms with Gasteiger partial charge >= 0.3 is 0 Å². The molecule has 0 aliphatic rings. The van der Waals surface area contributed by atoms with Gasteiger partial charge in [-0.2, -0.15) is 4.98 Å². The van der Waals surface area contributed by atoms with E-state index in [1.807, 2.05) is 24.3 Å². The molecule has 0 aliphatic heterocycles. The Morgan fingerprint density at radius 2 is 2.06 bits per heavy atom. The summed E-state index contributed by atoms with van der Waals surface area (Å²) < 4.78 is 6.13. The van der Waals surface area contributed by atoms with E-state index in [4.69, 9.17) is 4.52 Å². The monoisotopic (exact) mass is 308 g/mol. The third kappa shape index (κ3) is 3.04. The smallest absolute Gasteiger partial charge is 0.236 e. The SMILES string of the molecule is CC(=O)C(C)c1nc(Cc2ccc(Br)cc2)no1. The van der Waals surface area contributed by atoms with Gasteiger partial charge in [-0.05, 0) is 31.5 Å². The molecule has 0 fully saturated rings. The van der Waals surface area contributed by atoms with Crippen LogP contribution in [0.15, 0.2) is 33.3 Å². The van der Waals surface area contributed by atoms with Gasteiger partial charge in [0, 0.05) is 10.9 Å². The van der Waals surface area contributed by atoms with Crippen molar-refractivity contribution in [3.63, 3.8) is 0 Å². The molecule has 0 N–H and O–H groups in total. The highest BCUT2D eigenvalue weighted by Gasteiger charge is 2.18. The molecule has 1 heterocycles. The van der Waals surface area contributed by atoms with Crippen molar-refractivity contribution in [2.24, 2.45) is 0 Å². The fourth-order valence-corrected chi connectivity index (χ4v) is 1.74. The molecular weight excluding hydrogens is 296 g/mol. The molecule has 4 nitrogen and oxygen atoms in total. The molecule has 5 heteroatoms. The Hall–Kier alpha value is -1.49. The van der Waals surface area contributed by atoms with E-state index < -0.39 is 0 Å². The predicted molar refractivity (Wildman–Crippen MR) is 70.3 cm³/mol. The Balaban J connectivity index is 2.11. The molecule has 0 amide bonds. The minimum Gasteiger partial charge on any atom is -0.339 e. The standard InChI is InChI=1S/C13H13BrN2O2/c1-8(9(2)17)13-15-12(16-18-13)7-10-3-5-11(14)6-4-10/h3-6,8H,7H2,1-2H3. The average molecular weight is 309 g/mol. The second-order valence-electron chi connectivity index (χ2n) is 4.18. The number of Topliss-reactive ketones (excluding diaryl/α,β-unsaturated/α-hetero) is 1. The van der Waals surface area contributed by atoms with Crippen LogP contribution in [0, 0.1) is 0 Å². The lowest BCUT2D eigenvalue weighted by molar-refractivity contribution is -0.118. The molecule has 0 bridgehead atoms. The number of benzene rings is 1. The zero-order valence-electron chi connectivity index (χ0n) is 10.2. The fraction of sp³-hybridized carbons (Fsp3) is 0.308. The van der Waals surface area contributed by atoms with E-state index in [9.17, 15) is 4.79 Å². The number of ketones is 1. The number of aromatic nitrogens is 2. The van der Waals surface area contributed by atoms with Gasteiger partial charge in [-0.25, -0.2) is 0 Å². The van der Waals surface area contributed by atoms with Crippen molar-refractivity contribution < 1.29 is 9.32 Å². The second kappa shape index (κ2) is 5.44. The van der Waals surface area contributed by atoms with Gasteiger partial charge in [0.2, 0.25) is 5.89 Å². The van der Waals surface area contributed by atoms with Crippen LogP contribution in [0.25, 0.3) is 0 Å². The quantitative estimate of drug-likeness (QED) is 0.871. The molecule has 0 saturated carbocycles. The summed E-state index contributed by atoms with van der Waals surface area (Å²) in [6.45, 7) is 3.28. The fourth-order valence-electron chi connectivity index (χ4n) is 1.47. The van der Waals surface area contributed by atoms with E-state index in [1.54, 1.807) is 6.92 Å². The summed E-state index contributed by atoms with van der Waals surface area (Å²) in [6.07, 6.45) is 0.599. The zero-order chi connectivity index (χ0) is 13.1. The first-order chi connectivity index (χ1) is 8.56. The second-order valence-corrected chi connectivity index (χ2v) is 5.10. The van der Waals surface area contributed by atoms with Crippen molar-refractivity contribution in [3.8, 4) is 0 Å². The van der Waals surface area contributed by atoms with Crippen LogP contribution < -0.4 is 0 Å². The van der Waals surface area contributed by atoms with Gasteiger partial charge in [0.15, 0.2) is 5.82 Å². The Morgan fingerprint density at radius 3 is 2.67 bits per heavy atom. The molecular formula is C13H13BrN2O2. The van der Waals surface area contributed by atoms with Gasteiger partial charge in [-0.3, -0.25) is 4.79 Å². The van der Waals surface area contributed by atoms with Gasteiger partial charge in [0.25, 0.3) is 0 Å². The van der Waals surface area contributed by atoms with Crippen LogP contribution in [0.3, 0.4) is 0 Å². The third-order valence-corrected chi connectivity index (χ3v) is 3.27. The van der Waals surface area contributed by atoms with Crippen LogP contribution in [-0.2, 0) is 11.2 Å². The topological polar surface area (TPSA) is 56.0 Å². The van der Waals surface area contributed by atoms with E-state index >= 15 is 0 Å². The molecule has 2 aromatic rings. The average Bonchev–Trinajstić information content (AvgIpc) is 2.79. The maximum Gasteiger partial charge on any atom is 0.236 e. The first-order valence-corrected chi connectivity index (χ1v) is 6.43. The molecule has 0 saturated heterocycles. The molecule has 1 aromatic heterocycles. The number of hydrogen-bond acceptors (Lipinski definition) is 4. The van der Waals surface area contributed by atoms with E-state index in [-0.39, 0.29) is 11.7 Å². The van der Waals surface area contributed by atoms with Gasteiger partial charge in [-0.1, -0.05) is 33.2 Å². The van der Waals surface area contributed by atoms with Crippen LogP contribution in [0.2, 0.25) is 0 Å². The van der Waals surface area contributed by atoms with E-state index in [0.717, 1.165) is 10.0 Å². The maximum atomic E-state index is 11.2. The Bertz CT molecular complexity index is 548. The highest BCUT2D eigenvalue weighted by atomic mass is 79.9. The lowest BCUT2D eigenvalue weighted by Gasteiger charge is -1.98. The maximum absolute atomic E-state index is 11.2. The lowest BCUT2D eigenvalue weighted by Crippen LogP contribution is -2.04. The Labute approximate surface area is 114 Å². The highest BCUT2D eigenvalue weighted by molar-refractivity contribution is 9.10. The summed E-state index contributed by atoms with van der Waals surface area (Å²) in [4.78, 5) is 15.5. The Morgan fingerprint density at radius 1 is 1.39 bits per heavy atom. The molecule has 94 valence electrons. The summed E-state index contributed by atoms with van der Waals surface area (Å²) in [5.41, 5.74) is 1.10. The largest absolute Gasteiger partial charge is 0.339 e. The lowest BCUT2D eigenvalue weighted by atomic mass is 10.1. The van der Waals surface area contributed by atoms with Gasteiger partial charge < -0.3 is 4.52 Å². The molecule has 1 atom stereocenters. The summed E-state index contributed by atoms with van der Waals surface area (Å²) in [5, 5.41) is 3.89.